The van der Waals surface area contributed by atoms with Crippen molar-refractivity contribution in [2.75, 3.05) is 19.7 Å². The lowest BCUT2D eigenvalue weighted by molar-refractivity contribution is 0.149. The lowest BCUT2D eigenvalue weighted by Gasteiger charge is -2.39. The van der Waals surface area contributed by atoms with Crippen molar-refractivity contribution in [3.8, 4) is 0 Å². The monoisotopic (exact) mass is 578 g/mol. The lowest BCUT2D eigenvalue weighted by Crippen LogP contribution is -2.44. The molecule has 2 aromatic carbocycles. The predicted octanol–water partition coefficient (Wildman–Crippen LogP) is 8.20. The molecule has 216 valence electrons. The summed E-state index contributed by atoms with van der Waals surface area (Å²) in [5, 5.41) is 0.993. The van der Waals surface area contributed by atoms with Gasteiger partial charge < -0.3 is 4.43 Å². The first-order valence-corrected chi connectivity index (χ1v) is 18.3. The van der Waals surface area contributed by atoms with E-state index in [1.807, 2.05) is 42.5 Å². The number of hydrogen-bond acceptors (Lipinski definition) is 4. The van der Waals surface area contributed by atoms with Crippen LogP contribution in [0.15, 0.2) is 103 Å². The molecule has 3 aromatic rings. The van der Waals surface area contributed by atoms with Crippen LogP contribution in [0, 0.1) is 5.92 Å². The van der Waals surface area contributed by atoms with Gasteiger partial charge in [0.2, 0.25) is 0 Å². The molecule has 7 heteroatoms. The van der Waals surface area contributed by atoms with E-state index in [-0.39, 0.29) is 21.9 Å². The molecule has 1 heterocycles. The quantitative estimate of drug-likeness (QED) is 0.143. The van der Waals surface area contributed by atoms with E-state index >= 15 is 0 Å². The molecule has 0 bridgehead atoms. The number of para-hydroxylation sites is 1. The maximum atomic E-state index is 13.8. The molecular formula is C33H46N2O3SSi. The van der Waals surface area contributed by atoms with Crippen molar-refractivity contribution in [1.82, 2.24) is 8.87 Å². The highest BCUT2D eigenvalue weighted by Gasteiger charge is 2.38. The fraction of sp³-hybridized carbons (Fsp3) is 0.394. The van der Waals surface area contributed by atoms with E-state index in [4.69, 9.17) is 4.43 Å². The highest BCUT2D eigenvalue weighted by atomic mass is 32.2. The molecule has 1 aromatic heterocycles. The zero-order valence-electron chi connectivity index (χ0n) is 25.1. The Bertz CT molecular complexity index is 1430. The van der Waals surface area contributed by atoms with Gasteiger partial charge in [-0.2, -0.15) is 0 Å². The average Bonchev–Trinajstić information content (AvgIpc) is 3.31. The van der Waals surface area contributed by atoms with Crippen molar-refractivity contribution in [1.29, 1.82) is 0 Å². The normalized spacial score (nSPS) is 13.6. The molecular weight excluding hydrogens is 533 g/mol. The van der Waals surface area contributed by atoms with Crippen molar-refractivity contribution in [3.63, 3.8) is 0 Å². The third-order valence-corrected chi connectivity index (χ3v) is 14.4. The van der Waals surface area contributed by atoms with Crippen LogP contribution < -0.4 is 0 Å². The highest BCUT2D eigenvalue weighted by Crippen LogP contribution is 2.39. The number of hydrogen-bond donors (Lipinski definition) is 0. The molecule has 1 atom stereocenters. The van der Waals surface area contributed by atoms with Gasteiger partial charge in [-0.25, -0.2) is 12.4 Å². The first-order valence-electron chi connectivity index (χ1n) is 14.0. The second-order valence-electron chi connectivity index (χ2n) is 11.9. The summed E-state index contributed by atoms with van der Waals surface area (Å²) in [4.78, 5) is 2.61. The summed E-state index contributed by atoms with van der Waals surface area (Å²) in [6.07, 6.45) is 6.43. The molecule has 0 saturated carbocycles. The minimum Gasteiger partial charge on any atom is -0.416 e. The van der Waals surface area contributed by atoms with Gasteiger partial charge in [0.1, 0.15) is 0 Å². The van der Waals surface area contributed by atoms with Gasteiger partial charge in [0.15, 0.2) is 8.32 Å². The molecule has 0 fully saturated rings. The van der Waals surface area contributed by atoms with Gasteiger partial charge in [-0.15, -0.1) is 13.2 Å². The van der Waals surface area contributed by atoms with Crippen LogP contribution in [-0.2, 0) is 14.4 Å². The van der Waals surface area contributed by atoms with Crippen LogP contribution in [0.25, 0.3) is 10.9 Å². The fourth-order valence-electron chi connectivity index (χ4n) is 4.67. The molecule has 1 unspecified atom stereocenters. The van der Waals surface area contributed by atoms with Crippen LogP contribution in [0.1, 0.15) is 45.7 Å². The molecule has 0 saturated heterocycles. The van der Waals surface area contributed by atoms with E-state index in [1.165, 1.54) is 3.97 Å². The molecule has 0 radical (unpaired) electrons. The third kappa shape index (κ3) is 6.77. The van der Waals surface area contributed by atoms with Crippen LogP contribution in [-0.4, -0.2) is 45.3 Å². The Balaban J connectivity index is 2.17. The van der Waals surface area contributed by atoms with Crippen molar-refractivity contribution >= 4 is 29.2 Å². The van der Waals surface area contributed by atoms with Gasteiger partial charge in [-0.3, -0.25) is 4.90 Å². The zero-order chi connectivity index (χ0) is 29.7. The minimum absolute atomic E-state index is 0.105. The number of rotatable bonds is 14. The van der Waals surface area contributed by atoms with Gasteiger partial charge in [0.25, 0.3) is 10.0 Å². The van der Waals surface area contributed by atoms with E-state index in [1.54, 1.807) is 30.5 Å². The van der Waals surface area contributed by atoms with Gasteiger partial charge in [-0.05, 0) is 48.3 Å². The smallest absolute Gasteiger partial charge is 0.268 e. The van der Waals surface area contributed by atoms with E-state index in [0.29, 0.717) is 25.2 Å². The first kappa shape index (κ1) is 31.8. The van der Waals surface area contributed by atoms with Crippen molar-refractivity contribution in [2.45, 2.75) is 63.2 Å². The Morgan fingerprint density at radius 2 is 1.65 bits per heavy atom. The molecule has 0 aliphatic rings. The molecule has 0 aliphatic carbocycles. The summed E-state index contributed by atoms with van der Waals surface area (Å²) >= 11 is 0. The van der Waals surface area contributed by atoms with Crippen LogP contribution in [0.3, 0.4) is 0 Å². The van der Waals surface area contributed by atoms with Crippen LogP contribution in [0.2, 0.25) is 18.1 Å². The Hall–Kier alpha value is -2.71. The number of aromatic nitrogens is 1. The molecule has 3 rings (SSSR count). The maximum Gasteiger partial charge on any atom is 0.268 e. The van der Waals surface area contributed by atoms with Crippen LogP contribution >= 0.6 is 0 Å². The zero-order valence-corrected chi connectivity index (χ0v) is 26.9. The molecule has 0 amide bonds. The fourth-order valence-corrected chi connectivity index (χ4v) is 7.10. The van der Waals surface area contributed by atoms with E-state index in [9.17, 15) is 8.42 Å². The largest absolute Gasteiger partial charge is 0.416 e. The molecule has 0 aliphatic heterocycles. The Morgan fingerprint density at radius 3 is 2.23 bits per heavy atom. The minimum atomic E-state index is -3.81. The standard InChI is InChI=1S/C33H46N2O3SSi/c1-10-26(4)24-34(22-23-38-40(8,9)33(5,6)7)32(27(11-2)12-3)30-25-35(31-21-17-16-20-29(30)31)39(36,37)28-18-14-13-15-19-28/h11-21,25,27,32H,2-4,10,22-24H2,1,5-9H3. The topological polar surface area (TPSA) is 51.5 Å². The molecule has 0 N–H and O–H groups in total. The second-order valence-corrected chi connectivity index (χ2v) is 18.5. The van der Waals surface area contributed by atoms with Gasteiger partial charge in [-0.1, -0.05) is 88.4 Å². The third-order valence-electron chi connectivity index (χ3n) is 8.20. The van der Waals surface area contributed by atoms with Crippen LogP contribution in [0.4, 0.5) is 0 Å². The maximum absolute atomic E-state index is 13.8. The lowest BCUT2D eigenvalue weighted by atomic mass is 9.90. The number of fused-ring (bicyclic) bond motifs is 1. The summed E-state index contributed by atoms with van der Waals surface area (Å²) in [5.41, 5.74) is 2.66. The molecule has 40 heavy (non-hydrogen) atoms. The highest BCUT2D eigenvalue weighted by molar-refractivity contribution is 7.90. The summed E-state index contributed by atoms with van der Waals surface area (Å²) in [6.45, 7) is 27.8. The van der Waals surface area contributed by atoms with Gasteiger partial charge >= 0.3 is 0 Å². The van der Waals surface area contributed by atoms with Crippen molar-refractivity contribution < 1.29 is 12.8 Å². The second kappa shape index (κ2) is 12.9. The van der Waals surface area contributed by atoms with Gasteiger partial charge in [0.05, 0.1) is 10.4 Å². The number of nitrogens with zero attached hydrogens (tertiary/aromatic N) is 2. The summed E-state index contributed by atoms with van der Waals surface area (Å²) < 4.78 is 35.7. The summed E-state index contributed by atoms with van der Waals surface area (Å²) in [6, 6.07) is 16.0. The average molecular weight is 579 g/mol. The summed E-state index contributed by atoms with van der Waals surface area (Å²) in [5.74, 6) is -0.129. The summed E-state index contributed by atoms with van der Waals surface area (Å²) in [7, 11) is -5.77. The van der Waals surface area contributed by atoms with E-state index in [0.717, 1.165) is 22.9 Å². The molecule has 5 nitrogen and oxygen atoms in total. The van der Waals surface area contributed by atoms with Gasteiger partial charge in [0, 0.05) is 43.2 Å². The Morgan fingerprint density at radius 1 is 1.05 bits per heavy atom. The van der Waals surface area contributed by atoms with E-state index < -0.39 is 18.3 Å². The predicted molar refractivity (Wildman–Crippen MR) is 172 cm³/mol. The van der Waals surface area contributed by atoms with Crippen molar-refractivity contribution in [3.05, 3.63) is 104 Å². The van der Waals surface area contributed by atoms with Crippen molar-refractivity contribution in [2.24, 2.45) is 5.92 Å². The van der Waals surface area contributed by atoms with E-state index in [2.05, 4.69) is 65.4 Å². The first-order chi connectivity index (χ1) is 18.8. The van der Waals surface area contributed by atoms with Crippen LogP contribution in [0.5, 0.6) is 0 Å². The SMILES string of the molecule is C=CC(C=C)C(c1cn(S(=O)(=O)c2ccccc2)c2ccccc12)N(CCO[Si](C)(C)C(C)(C)C)CC(=C)CC. The Labute approximate surface area is 243 Å². The number of benzene rings is 2. The molecule has 0 spiro atoms. The Kier molecular flexibility index (Phi) is 10.2.